The number of hydrogen-bond donors (Lipinski definition) is 1. The minimum absolute atomic E-state index is 0.0423. The van der Waals surface area contributed by atoms with E-state index in [0.717, 1.165) is 40.6 Å². The molecule has 2 aromatic rings. The fourth-order valence-electron chi connectivity index (χ4n) is 7.11. The van der Waals surface area contributed by atoms with Crippen LogP contribution in [0.15, 0.2) is 22.9 Å². The van der Waals surface area contributed by atoms with Gasteiger partial charge in [0.05, 0.1) is 10.6 Å². The van der Waals surface area contributed by atoms with Crippen LogP contribution in [0.3, 0.4) is 0 Å². The highest BCUT2D eigenvalue weighted by Crippen LogP contribution is 2.60. The van der Waals surface area contributed by atoms with Gasteiger partial charge in [0, 0.05) is 29.8 Å². The normalized spacial score (nSPS) is 32.4. The second-order valence-corrected chi connectivity index (χ2v) is 12.1. The maximum Gasteiger partial charge on any atom is 0.263 e. The van der Waals surface area contributed by atoms with Crippen molar-refractivity contribution < 1.29 is 9.59 Å². The predicted octanol–water partition coefficient (Wildman–Crippen LogP) is 5.16. The van der Waals surface area contributed by atoms with Crippen LogP contribution in [0.1, 0.15) is 66.7 Å². The molecule has 2 amide bonds. The number of thiophene rings is 1. The van der Waals surface area contributed by atoms with Gasteiger partial charge < -0.3 is 10.2 Å². The van der Waals surface area contributed by atoms with Crippen molar-refractivity contribution in [2.24, 2.45) is 23.7 Å². The molecule has 4 saturated carbocycles. The van der Waals surface area contributed by atoms with Crippen molar-refractivity contribution in [2.45, 2.75) is 56.8 Å². The molecule has 0 aromatic carbocycles. The van der Waals surface area contributed by atoms with Crippen molar-refractivity contribution in [3.8, 4) is 0 Å². The van der Waals surface area contributed by atoms with Crippen molar-refractivity contribution >= 4 is 39.6 Å². The maximum absolute atomic E-state index is 12.9. The standard InChI is InChI=1S/C24H29N3O2S2/c28-21(18-3-5-27(6-4-18)22(29)19-2-1-7-30-19)26-23-25-20(14-31-23)24-11-15-8-16(12-24)10-17(9-15)13-24/h1-2,7,14-18H,3-6,8-13H2,(H,25,26,28). The average molecular weight is 456 g/mol. The summed E-state index contributed by atoms with van der Waals surface area (Å²) >= 11 is 3.07. The largest absolute Gasteiger partial charge is 0.338 e. The molecule has 7 heteroatoms. The van der Waals surface area contributed by atoms with E-state index < -0.39 is 0 Å². The first-order valence-corrected chi connectivity index (χ1v) is 13.4. The average Bonchev–Trinajstić information content (AvgIpc) is 3.45. The highest BCUT2D eigenvalue weighted by Gasteiger charge is 2.52. The molecule has 4 aliphatic carbocycles. The minimum Gasteiger partial charge on any atom is -0.338 e. The van der Waals surface area contributed by atoms with Gasteiger partial charge in [0.15, 0.2) is 5.13 Å². The Balaban J connectivity index is 1.07. The monoisotopic (exact) mass is 455 g/mol. The molecule has 0 atom stereocenters. The van der Waals surface area contributed by atoms with Crippen LogP contribution < -0.4 is 5.32 Å². The van der Waals surface area contributed by atoms with Gasteiger partial charge in [-0.15, -0.1) is 22.7 Å². The van der Waals surface area contributed by atoms with E-state index in [0.29, 0.717) is 13.1 Å². The summed E-state index contributed by atoms with van der Waals surface area (Å²) < 4.78 is 0. The summed E-state index contributed by atoms with van der Waals surface area (Å²) in [6, 6.07) is 3.78. The molecule has 0 radical (unpaired) electrons. The zero-order valence-corrected chi connectivity index (χ0v) is 19.4. The number of nitrogens with zero attached hydrogens (tertiary/aromatic N) is 2. The van der Waals surface area contributed by atoms with Gasteiger partial charge in [0.25, 0.3) is 5.91 Å². The molecule has 1 N–H and O–H groups in total. The summed E-state index contributed by atoms with van der Waals surface area (Å²) in [6.07, 6.45) is 9.63. The second kappa shape index (κ2) is 7.69. The second-order valence-electron chi connectivity index (χ2n) is 10.3. The molecule has 4 bridgehead atoms. The lowest BCUT2D eigenvalue weighted by Gasteiger charge is -2.56. The zero-order valence-electron chi connectivity index (χ0n) is 17.7. The van der Waals surface area contributed by atoms with Gasteiger partial charge in [-0.25, -0.2) is 4.98 Å². The van der Waals surface area contributed by atoms with Crippen LogP contribution in [0.2, 0.25) is 0 Å². The van der Waals surface area contributed by atoms with Crippen LogP contribution in [0.4, 0.5) is 5.13 Å². The van der Waals surface area contributed by atoms with Crippen LogP contribution in [0.25, 0.3) is 0 Å². The Morgan fingerprint density at radius 2 is 1.71 bits per heavy atom. The van der Waals surface area contributed by atoms with E-state index in [9.17, 15) is 9.59 Å². The Morgan fingerprint density at radius 1 is 1.03 bits per heavy atom. The fraction of sp³-hybridized carbons (Fsp3) is 0.625. The molecule has 0 spiro atoms. The number of thiazole rings is 1. The lowest BCUT2D eigenvalue weighted by Crippen LogP contribution is -2.48. The molecule has 3 heterocycles. The number of amides is 2. The van der Waals surface area contributed by atoms with Gasteiger partial charge in [0.1, 0.15) is 0 Å². The summed E-state index contributed by atoms with van der Waals surface area (Å²) in [5.74, 6) is 2.80. The number of carbonyl (C=O) groups is 2. The van der Waals surface area contributed by atoms with Gasteiger partial charge in [-0.1, -0.05) is 6.07 Å². The van der Waals surface area contributed by atoms with Gasteiger partial charge >= 0.3 is 0 Å². The Morgan fingerprint density at radius 3 is 2.32 bits per heavy atom. The van der Waals surface area contributed by atoms with E-state index >= 15 is 0 Å². The van der Waals surface area contributed by atoms with Crippen molar-refractivity contribution in [3.05, 3.63) is 33.5 Å². The number of hydrogen-bond acceptors (Lipinski definition) is 5. The highest BCUT2D eigenvalue weighted by atomic mass is 32.1. The van der Waals surface area contributed by atoms with E-state index in [1.54, 1.807) is 11.3 Å². The molecule has 1 saturated heterocycles. The van der Waals surface area contributed by atoms with Crippen LogP contribution in [0.5, 0.6) is 0 Å². The SMILES string of the molecule is O=C(Nc1nc(C23CC4CC(CC(C4)C2)C3)cs1)C1CCN(C(=O)c2cccs2)CC1. The molecular formula is C24H29N3O2S2. The van der Waals surface area contributed by atoms with E-state index in [4.69, 9.17) is 4.98 Å². The molecule has 5 aliphatic rings. The van der Waals surface area contributed by atoms with Crippen LogP contribution in [-0.4, -0.2) is 34.8 Å². The summed E-state index contributed by atoms with van der Waals surface area (Å²) in [6.45, 7) is 1.29. The van der Waals surface area contributed by atoms with Crippen molar-refractivity contribution in [2.75, 3.05) is 18.4 Å². The summed E-state index contributed by atoms with van der Waals surface area (Å²) in [4.78, 5) is 33.0. The summed E-state index contributed by atoms with van der Waals surface area (Å²) in [5, 5.41) is 8.00. The van der Waals surface area contributed by atoms with Gasteiger partial charge in [-0.2, -0.15) is 0 Å². The first-order chi connectivity index (χ1) is 15.1. The Kier molecular flexibility index (Phi) is 4.94. The lowest BCUT2D eigenvalue weighted by molar-refractivity contribution is -0.121. The molecule has 1 aliphatic heterocycles. The number of carbonyl (C=O) groups excluding carboxylic acids is 2. The molecular weight excluding hydrogens is 426 g/mol. The van der Waals surface area contributed by atoms with E-state index in [-0.39, 0.29) is 23.1 Å². The van der Waals surface area contributed by atoms with E-state index in [1.165, 1.54) is 55.6 Å². The number of likely N-dealkylation sites (tertiary alicyclic amines) is 1. The smallest absolute Gasteiger partial charge is 0.263 e. The summed E-state index contributed by atoms with van der Waals surface area (Å²) in [5.41, 5.74) is 1.52. The molecule has 0 unspecified atom stereocenters. The molecule has 7 rings (SSSR count). The number of aromatic nitrogens is 1. The molecule has 2 aromatic heterocycles. The predicted molar refractivity (Wildman–Crippen MR) is 124 cm³/mol. The van der Waals surface area contributed by atoms with Crippen molar-refractivity contribution in [3.63, 3.8) is 0 Å². The van der Waals surface area contributed by atoms with Gasteiger partial charge in [0.2, 0.25) is 5.91 Å². The quantitative estimate of drug-likeness (QED) is 0.692. The molecule has 31 heavy (non-hydrogen) atoms. The highest BCUT2D eigenvalue weighted by molar-refractivity contribution is 7.14. The lowest BCUT2D eigenvalue weighted by atomic mass is 9.49. The van der Waals surface area contributed by atoms with Crippen molar-refractivity contribution in [1.82, 2.24) is 9.88 Å². The molecule has 164 valence electrons. The first-order valence-electron chi connectivity index (χ1n) is 11.7. The third kappa shape index (κ3) is 3.63. The van der Waals surface area contributed by atoms with Crippen LogP contribution >= 0.6 is 22.7 Å². The topological polar surface area (TPSA) is 62.3 Å². The Labute approximate surface area is 191 Å². The van der Waals surface area contributed by atoms with Crippen LogP contribution in [-0.2, 0) is 10.2 Å². The van der Waals surface area contributed by atoms with Gasteiger partial charge in [-0.05, 0) is 80.6 Å². The minimum atomic E-state index is -0.0423. The van der Waals surface area contributed by atoms with Crippen molar-refractivity contribution in [1.29, 1.82) is 0 Å². The zero-order chi connectivity index (χ0) is 21.0. The van der Waals surface area contributed by atoms with E-state index in [2.05, 4.69) is 10.7 Å². The molecule has 5 nitrogen and oxygen atoms in total. The van der Waals surface area contributed by atoms with Crippen LogP contribution in [0, 0.1) is 23.7 Å². The Bertz CT molecular complexity index is 940. The summed E-state index contributed by atoms with van der Waals surface area (Å²) in [7, 11) is 0. The van der Waals surface area contributed by atoms with E-state index in [1.807, 2.05) is 22.4 Å². The third-order valence-electron chi connectivity index (χ3n) is 8.20. The number of rotatable bonds is 4. The third-order valence-corrected chi connectivity index (χ3v) is 9.82. The number of anilines is 1. The fourth-order valence-corrected chi connectivity index (χ4v) is 8.63. The number of nitrogens with one attached hydrogen (secondary N) is 1. The first kappa shape index (κ1) is 19.9. The molecule has 5 fully saturated rings. The maximum atomic E-state index is 12.9. The number of piperidine rings is 1. The Hall–Kier alpha value is -1.73. The van der Waals surface area contributed by atoms with Gasteiger partial charge in [-0.3, -0.25) is 9.59 Å².